The second-order valence-electron chi connectivity index (χ2n) is 5.07. The van der Waals surface area contributed by atoms with Crippen LogP contribution in [0.2, 0.25) is 0 Å². The zero-order chi connectivity index (χ0) is 13.9. The number of aromatic nitrogens is 3. The van der Waals surface area contributed by atoms with Crippen LogP contribution in [0.4, 0.5) is 5.95 Å². The summed E-state index contributed by atoms with van der Waals surface area (Å²) in [5.74, 6) is 0.0638. The fraction of sp³-hybridized carbons (Fsp3) is 0.769. The summed E-state index contributed by atoms with van der Waals surface area (Å²) in [6.07, 6.45) is 1.75. The Hall–Kier alpha value is -1.27. The van der Waals surface area contributed by atoms with Crippen molar-refractivity contribution in [3.05, 3.63) is 11.4 Å². The van der Waals surface area contributed by atoms with Crippen molar-refractivity contribution in [1.82, 2.24) is 15.2 Å². The smallest absolute Gasteiger partial charge is 0.243 e. The second kappa shape index (κ2) is 5.79. The molecular formula is C13H22N4O2. The molecule has 1 atom stereocenters. The molecule has 0 aliphatic carbocycles. The van der Waals surface area contributed by atoms with Gasteiger partial charge in [-0.3, -0.25) is 0 Å². The van der Waals surface area contributed by atoms with Gasteiger partial charge in [-0.25, -0.2) is 4.98 Å². The highest BCUT2D eigenvalue weighted by atomic mass is 16.7. The summed E-state index contributed by atoms with van der Waals surface area (Å²) in [6.45, 7) is 9.17. The molecular weight excluding hydrogens is 244 g/mol. The predicted octanol–water partition coefficient (Wildman–Crippen LogP) is 1.56. The Labute approximate surface area is 113 Å². The van der Waals surface area contributed by atoms with Gasteiger partial charge in [0.05, 0.1) is 18.0 Å². The third-order valence-corrected chi connectivity index (χ3v) is 3.06. The average molecular weight is 266 g/mol. The van der Waals surface area contributed by atoms with Crippen molar-refractivity contribution in [3.63, 3.8) is 0 Å². The highest BCUT2D eigenvalue weighted by Crippen LogP contribution is 2.22. The van der Waals surface area contributed by atoms with E-state index in [2.05, 4.69) is 34.3 Å². The zero-order valence-electron chi connectivity index (χ0n) is 12.1. The Morgan fingerprint density at radius 3 is 2.53 bits per heavy atom. The van der Waals surface area contributed by atoms with Crippen LogP contribution in [0.25, 0.3) is 0 Å². The van der Waals surface area contributed by atoms with E-state index in [1.54, 1.807) is 0 Å². The summed E-state index contributed by atoms with van der Waals surface area (Å²) in [5.41, 5.74) is 1.97. The van der Waals surface area contributed by atoms with Crippen LogP contribution in [0.5, 0.6) is 0 Å². The molecule has 0 saturated carbocycles. The van der Waals surface area contributed by atoms with Crippen molar-refractivity contribution in [1.29, 1.82) is 0 Å². The monoisotopic (exact) mass is 266 g/mol. The lowest BCUT2D eigenvalue weighted by Gasteiger charge is -2.17. The number of hydrogen-bond acceptors (Lipinski definition) is 6. The third kappa shape index (κ3) is 3.61. The van der Waals surface area contributed by atoms with Gasteiger partial charge in [0.2, 0.25) is 5.95 Å². The quantitative estimate of drug-likeness (QED) is 0.872. The Kier molecular flexibility index (Phi) is 4.31. The van der Waals surface area contributed by atoms with Gasteiger partial charge in [-0.15, -0.1) is 5.10 Å². The molecule has 1 aliphatic heterocycles. The number of anilines is 1. The lowest BCUT2D eigenvalue weighted by molar-refractivity contribution is -0.136. The third-order valence-electron chi connectivity index (χ3n) is 3.06. The van der Waals surface area contributed by atoms with Crippen molar-refractivity contribution >= 4 is 5.95 Å². The summed E-state index contributed by atoms with van der Waals surface area (Å²) in [7, 11) is 0. The fourth-order valence-corrected chi connectivity index (χ4v) is 2.08. The van der Waals surface area contributed by atoms with Gasteiger partial charge >= 0.3 is 0 Å². The summed E-state index contributed by atoms with van der Waals surface area (Å²) in [5, 5.41) is 11.4. The van der Waals surface area contributed by atoms with Crippen LogP contribution >= 0.6 is 0 Å². The van der Waals surface area contributed by atoms with Crippen LogP contribution in [-0.4, -0.2) is 40.2 Å². The molecule has 1 aromatic heterocycles. The fourth-order valence-electron chi connectivity index (χ4n) is 2.08. The van der Waals surface area contributed by atoms with E-state index < -0.39 is 5.79 Å². The van der Waals surface area contributed by atoms with E-state index in [-0.39, 0.29) is 6.10 Å². The maximum Gasteiger partial charge on any atom is 0.243 e. The topological polar surface area (TPSA) is 69.2 Å². The molecule has 19 heavy (non-hydrogen) atoms. The van der Waals surface area contributed by atoms with Crippen LogP contribution in [0.15, 0.2) is 0 Å². The minimum atomic E-state index is -0.494. The molecule has 0 bridgehead atoms. The molecule has 1 saturated heterocycles. The maximum absolute atomic E-state index is 5.71. The van der Waals surface area contributed by atoms with Gasteiger partial charge in [0.25, 0.3) is 0 Å². The Morgan fingerprint density at radius 1 is 1.21 bits per heavy atom. The molecule has 2 heterocycles. The van der Waals surface area contributed by atoms with E-state index in [1.807, 2.05) is 13.8 Å². The molecule has 2 rings (SSSR count). The van der Waals surface area contributed by atoms with Gasteiger partial charge in [-0.1, -0.05) is 13.8 Å². The number of hydrogen-bond donors (Lipinski definition) is 1. The average Bonchev–Trinajstić information content (AvgIpc) is 2.75. The van der Waals surface area contributed by atoms with E-state index in [9.17, 15) is 0 Å². The Balaban J connectivity index is 1.93. The van der Waals surface area contributed by atoms with Crippen LogP contribution in [-0.2, 0) is 22.3 Å². The lowest BCUT2D eigenvalue weighted by Crippen LogP contribution is -2.26. The Morgan fingerprint density at radius 2 is 1.95 bits per heavy atom. The van der Waals surface area contributed by atoms with Gasteiger partial charge < -0.3 is 14.8 Å². The molecule has 1 unspecified atom stereocenters. The first-order valence-electron chi connectivity index (χ1n) is 6.82. The summed E-state index contributed by atoms with van der Waals surface area (Å²) < 4.78 is 11.2. The maximum atomic E-state index is 5.71. The van der Waals surface area contributed by atoms with E-state index in [0.717, 1.165) is 24.2 Å². The number of nitrogens with one attached hydrogen (secondary N) is 1. The van der Waals surface area contributed by atoms with Crippen LogP contribution in [0.3, 0.4) is 0 Å². The molecule has 0 spiro atoms. The molecule has 1 aliphatic rings. The predicted molar refractivity (Wildman–Crippen MR) is 72.0 cm³/mol. The molecule has 0 aromatic carbocycles. The van der Waals surface area contributed by atoms with Crippen molar-refractivity contribution < 1.29 is 9.47 Å². The minimum Gasteiger partial charge on any atom is -0.350 e. The number of nitrogens with zero attached hydrogens (tertiary/aromatic N) is 3. The van der Waals surface area contributed by atoms with Crippen molar-refractivity contribution in [2.75, 3.05) is 18.5 Å². The first kappa shape index (κ1) is 14.1. The lowest BCUT2D eigenvalue weighted by atomic mass is 10.2. The summed E-state index contributed by atoms with van der Waals surface area (Å²) in [4.78, 5) is 4.48. The summed E-state index contributed by atoms with van der Waals surface area (Å²) >= 11 is 0. The van der Waals surface area contributed by atoms with E-state index in [4.69, 9.17) is 9.47 Å². The van der Waals surface area contributed by atoms with Gasteiger partial charge in [-0.05, 0) is 26.7 Å². The van der Waals surface area contributed by atoms with Crippen LogP contribution < -0.4 is 5.32 Å². The van der Waals surface area contributed by atoms with E-state index in [0.29, 0.717) is 19.1 Å². The number of ether oxygens (including phenoxy) is 2. The first-order chi connectivity index (χ1) is 9.04. The van der Waals surface area contributed by atoms with Crippen molar-refractivity contribution in [2.45, 2.75) is 52.4 Å². The molecule has 1 fully saturated rings. The zero-order valence-corrected chi connectivity index (χ0v) is 12.1. The molecule has 6 nitrogen and oxygen atoms in total. The highest BCUT2D eigenvalue weighted by Gasteiger charge is 2.32. The molecule has 6 heteroatoms. The first-order valence-corrected chi connectivity index (χ1v) is 6.82. The molecule has 0 radical (unpaired) electrons. The molecule has 1 N–H and O–H groups in total. The number of rotatable bonds is 5. The Bertz CT molecular complexity index is 437. The van der Waals surface area contributed by atoms with Gasteiger partial charge in [0.1, 0.15) is 6.10 Å². The molecule has 106 valence electrons. The molecule has 0 amide bonds. The second-order valence-corrected chi connectivity index (χ2v) is 5.07. The van der Waals surface area contributed by atoms with Gasteiger partial charge in [0.15, 0.2) is 5.79 Å². The van der Waals surface area contributed by atoms with E-state index in [1.165, 1.54) is 0 Å². The van der Waals surface area contributed by atoms with Crippen LogP contribution in [0.1, 0.15) is 39.1 Å². The van der Waals surface area contributed by atoms with E-state index >= 15 is 0 Å². The SMILES string of the molecule is CCc1nnc(NCC2COC(C)(C)O2)nc1CC. The van der Waals surface area contributed by atoms with Crippen LogP contribution in [0, 0.1) is 0 Å². The standard InChI is InChI=1S/C13H22N4O2/c1-5-10-11(6-2)16-17-12(15-10)14-7-9-8-18-13(3,4)19-9/h9H,5-8H2,1-4H3,(H,14,15,17). The van der Waals surface area contributed by atoms with Crippen molar-refractivity contribution in [3.8, 4) is 0 Å². The highest BCUT2D eigenvalue weighted by molar-refractivity contribution is 5.26. The van der Waals surface area contributed by atoms with Crippen molar-refractivity contribution in [2.24, 2.45) is 0 Å². The largest absolute Gasteiger partial charge is 0.350 e. The normalized spacial score (nSPS) is 21.6. The minimum absolute atomic E-state index is 0.0227. The van der Waals surface area contributed by atoms with Gasteiger partial charge in [0, 0.05) is 6.54 Å². The number of aryl methyl sites for hydroxylation is 2. The van der Waals surface area contributed by atoms with Gasteiger partial charge in [-0.2, -0.15) is 5.10 Å². The summed E-state index contributed by atoms with van der Waals surface area (Å²) in [6, 6.07) is 0. The molecule has 1 aromatic rings.